The summed E-state index contributed by atoms with van der Waals surface area (Å²) in [7, 11) is 3.62. The number of hydrogen-bond donors (Lipinski definition) is 1. The minimum absolute atomic E-state index is 0.146. The Kier molecular flexibility index (Phi) is 4.42. The Bertz CT molecular complexity index is 651. The summed E-state index contributed by atoms with van der Waals surface area (Å²) < 4.78 is 7.15. The van der Waals surface area contributed by atoms with Gasteiger partial charge in [-0.15, -0.1) is 0 Å². The van der Waals surface area contributed by atoms with E-state index in [2.05, 4.69) is 10.1 Å². The number of nitrogens with zero attached hydrogens (tertiary/aromatic N) is 4. The van der Waals surface area contributed by atoms with Gasteiger partial charge >= 0.3 is 5.97 Å². The molecule has 0 radical (unpaired) electrons. The molecular weight excluding hydrogens is 272 g/mol. The summed E-state index contributed by atoms with van der Waals surface area (Å²) in [5.74, 6) is -1.00. The molecule has 0 bridgehead atoms. The summed E-state index contributed by atoms with van der Waals surface area (Å²) in [5, 5.41) is 14.2. The van der Waals surface area contributed by atoms with Gasteiger partial charge in [-0.25, -0.2) is 9.78 Å². The number of carbonyl (C=O) groups is 1. The van der Waals surface area contributed by atoms with E-state index in [0.717, 1.165) is 5.39 Å². The second kappa shape index (κ2) is 6.09. The largest absolute Gasteiger partial charge is 0.478 e. The minimum Gasteiger partial charge on any atom is -0.478 e. The second-order valence-corrected chi connectivity index (χ2v) is 5.17. The summed E-state index contributed by atoms with van der Waals surface area (Å²) in [4.78, 5) is 17.5. The van der Waals surface area contributed by atoms with Crippen LogP contribution in [0.2, 0.25) is 0 Å². The number of carboxylic acids is 1. The molecule has 0 unspecified atom stereocenters. The zero-order chi connectivity index (χ0) is 15.6. The molecule has 0 aromatic carbocycles. The van der Waals surface area contributed by atoms with Gasteiger partial charge in [0, 0.05) is 26.8 Å². The zero-order valence-corrected chi connectivity index (χ0v) is 12.7. The Hall–Kier alpha value is -2.15. The van der Waals surface area contributed by atoms with Crippen LogP contribution in [0.25, 0.3) is 11.0 Å². The third-order valence-electron chi connectivity index (χ3n) is 3.22. The maximum Gasteiger partial charge on any atom is 0.339 e. The van der Waals surface area contributed by atoms with Crippen molar-refractivity contribution in [3.63, 3.8) is 0 Å². The molecule has 1 N–H and O–H groups in total. The fourth-order valence-corrected chi connectivity index (χ4v) is 2.19. The molecule has 114 valence electrons. The van der Waals surface area contributed by atoms with Gasteiger partial charge in [-0.2, -0.15) is 5.10 Å². The smallest absolute Gasteiger partial charge is 0.339 e. The van der Waals surface area contributed by atoms with Crippen LogP contribution in [0, 0.1) is 0 Å². The van der Waals surface area contributed by atoms with Crippen molar-refractivity contribution >= 4 is 22.7 Å². The van der Waals surface area contributed by atoms with Crippen LogP contribution in [0.4, 0.5) is 5.69 Å². The summed E-state index contributed by atoms with van der Waals surface area (Å²) in [5.41, 5.74) is 1.45. The van der Waals surface area contributed by atoms with Gasteiger partial charge in [-0.3, -0.25) is 4.68 Å². The summed E-state index contributed by atoms with van der Waals surface area (Å²) in [6.07, 6.45) is 3.17. The quantitative estimate of drug-likeness (QED) is 0.869. The average Bonchev–Trinajstić information content (AvgIpc) is 2.78. The molecule has 2 aromatic rings. The van der Waals surface area contributed by atoms with Crippen LogP contribution in [-0.4, -0.2) is 52.1 Å². The van der Waals surface area contributed by atoms with E-state index < -0.39 is 5.97 Å². The first-order valence-corrected chi connectivity index (χ1v) is 6.78. The van der Waals surface area contributed by atoms with Crippen LogP contribution in [0.3, 0.4) is 0 Å². The van der Waals surface area contributed by atoms with Crippen LogP contribution in [0.1, 0.15) is 24.2 Å². The normalized spacial score (nSPS) is 11.3. The van der Waals surface area contributed by atoms with E-state index in [1.807, 2.05) is 25.8 Å². The predicted molar refractivity (Wildman–Crippen MR) is 79.8 cm³/mol. The van der Waals surface area contributed by atoms with Crippen molar-refractivity contribution in [1.82, 2.24) is 14.8 Å². The third-order valence-corrected chi connectivity index (χ3v) is 3.22. The van der Waals surface area contributed by atoms with E-state index in [9.17, 15) is 9.90 Å². The van der Waals surface area contributed by atoms with E-state index in [1.54, 1.807) is 17.9 Å². The molecule has 7 heteroatoms. The maximum atomic E-state index is 11.4. The van der Waals surface area contributed by atoms with Crippen LogP contribution in [0.15, 0.2) is 12.4 Å². The van der Waals surface area contributed by atoms with Crippen molar-refractivity contribution in [1.29, 1.82) is 0 Å². The Labute approximate surface area is 123 Å². The summed E-state index contributed by atoms with van der Waals surface area (Å²) >= 11 is 0. The van der Waals surface area contributed by atoms with E-state index in [1.165, 1.54) is 6.20 Å². The average molecular weight is 292 g/mol. The SMILES string of the molecule is CC(C)OCCN(C)c1c(C(=O)O)cnc2c1cnn2C. The molecule has 0 atom stereocenters. The van der Waals surface area contributed by atoms with Crippen LogP contribution in [0.5, 0.6) is 0 Å². The number of aromatic carboxylic acids is 1. The Morgan fingerprint density at radius 3 is 2.81 bits per heavy atom. The Morgan fingerprint density at radius 2 is 2.19 bits per heavy atom. The van der Waals surface area contributed by atoms with Crippen molar-refractivity contribution in [3.8, 4) is 0 Å². The number of aromatic nitrogens is 3. The van der Waals surface area contributed by atoms with Crippen molar-refractivity contribution in [2.45, 2.75) is 20.0 Å². The first-order chi connectivity index (χ1) is 9.91. The first-order valence-electron chi connectivity index (χ1n) is 6.78. The molecule has 2 rings (SSSR count). The molecule has 0 saturated carbocycles. The minimum atomic E-state index is -1.00. The van der Waals surface area contributed by atoms with Crippen molar-refractivity contribution in [2.24, 2.45) is 7.05 Å². The highest BCUT2D eigenvalue weighted by atomic mass is 16.5. The molecule has 2 heterocycles. The van der Waals surface area contributed by atoms with Crippen LogP contribution < -0.4 is 4.90 Å². The standard InChI is InChI=1S/C14H20N4O3/c1-9(2)21-6-5-17(3)12-10-8-16-18(4)13(10)15-7-11(12)14(19)20/h7-9H,5-6H2,1-4H3,(H,19,20). The topological polar surface area (TPSA) is 80.5 Å². The lowest BCUT2D eigenvalue weighted by atomic mass is 10.1. The van der Waals surface area contributed by atoms with Crippen molar-refractivity contribution in [3.05, 3.63) is 18.0 Å². The number of fused-ring (bicyclic) bond motifs is 1. The molecule has 0 fully saturated rings. The number of hydrogen-bond acceptors (Lipinski definition) is 5. The lowest BCUT2D eigenvalue weighted by Crippen LogP contribution is -2.26. The van der Waals surface area contributed by atoms with Crippen molar-refractivity contribution in [2.75, 3.05) is 25.1 Å². The van der Waals surface area contributed by atoms with Gasteiger partial charge in [0.1, 0.15) is 5.56 Å². The molecule has 7 nitrogen and oxygen atoms in total. The number of anilines is 1. The number of pyridine rings is 1. The van der Waals surface area contributed by atoms with Gasteiger partial charge < -0.3 is 14.7 Å². The van der Waals surface area contributed by atoms with E-state index in [0.29, 0.717) is 24.5 Å². The molecular formula is C14H20N4O3. The molecule has 0 aliphatic rings. The van der Waals surface area contributed by atoms with Gasteiger partial charge in [0.15, 0.2) is 5.65 Å². The van der Waals surface area contributed by atoms with E-state index >= 15 is 0 Å². The number of ether oxygens (including phenoxy) is 1. The summed E-state index contributed by atoms with van der Waals surface area (Å²) in [6, 6.07) is 0. The van der Waals surface area contributed by atoms with Gasteiger partial charge in [0.25, 0.3) is 0 Å². The van der Waals surface area contributed by atoms with Crippen LogP contribution >= 0.6 is 0 Å². The lowest BCUT2D eigenvalue weighted by molar-refractivity contribution is 0.0695. The molecule has 0 amide bonds. The van der Waals surface area contributed by atoms with Gasteiger partial charge in [0.2, 0.25) is 0 Å². The lowest BCUT2D eigenvalue weighted by Gasteiger charge is -2.22. The molecule has 0 saturated heterocycles. The molecule has 0 spiro atoms. The fraction of sp³-hybridized carbons (Fsp3) is 0.500. The highest BCUT2D eigenvalue weighted by Crippen LogP contribution is 2.28. The highest BCUT2D eigenvalue weighted by Gasteiger charge is 2.19. The molecule has 0 aliphatic carbocycles. The zero-order valence-electron chi connectivity index (χ0n) is 12.7. The maximum absolute atomic E-state index is 11.4. The monoisotopic (exact) mass is 292 g/mol. The number of aryl methyl sites for hydroxylation is 1. The number of likely N-dealkylation sites (N-methyl/N-ethyl adjacent to an activating group) is 1. The number of carboxylic acid groups (broad SMARTS) is 1. The predicted octanol–water partition coefficient (Wildman–Crippen LogP) is 1.53. The third kappa shape index (κ3) is 3.13. The second-order valence-electron chi connectivity index (χ2n) is 5.17. The molecule has 21 heavy (non-hydrogen) atoms. The van der Waals surface area contributed by atoms with Gasteiger partial charge in [-0.1, -0.05) is 0 Å². The van der Waals surface area contributed by atoms with Gasteiger partial charge in [0.05, 0.1) is 30.0 Å². The Balaban J connectivity index is 2.39. The highest BCUT2D eigenvalue weighted by molar-refractivity contribution is 6.03. The van der Waals surface area contributed by atoms with E-state index in [4.69, 9.17) is 4.74 Å². The van der Waals surface area contributed by atoms with E-state index in [-0.39, 0.29) is 11.7 Å². The van der Waals surface area contributed by atoms with Crippen molar-refractivity contribution < 1.29 is 14.6 Å². The number of rotatable bonds is 6. The first kappa shape index (κ1) is 15.2. The Morgan fingerprint density at radius 1 is 1.48 bits per heavy atom. The van der Waals surface area contributed by atoms with Crippen LogP contribution in [-0.2, 0) is 11.8 Å². The molecule has 2 aromatic heterocycles. The molecule has 0 aliphatic heterocycles. The fourth-order valence-electron chi connectivity index (χ4n) is 2.19. The summed E-state index contributed by atoms with van der Waals surface area (Å²) in [6.45, 7) is 5.05. The van der Waals surface area contributed by atoms with Gasteiger partial charge in [-0.05, 0) is 13.8 Å².